The topological polar surface area (TPSA) is 94.2 Å². The van der Waals surface area contributed by atoms with E-state index in [4.69, 9.17) is 9.47 Å². The van der Waals surface area contributed by atoms with Gasteiger partial charge in [0.05, 0.1) is 10.6 Å². The van der Waals surface area contributed by atoms with Gasteiger partial charge in [0.1, 0.15) is 16.7 Å². The number of rotatable bonds is 5. The van der Waals surface area contributed by atoms with Crippen LogP contribution in [0.4, 0.5) is 0 Å². The van der Waals surface area contributed by atoms with Gasteiger partial charge in [-0.05, 0) is 48.5 Å². The van der Waals surface area contributed by atoms with Crippen LogP contribution in [0.2, 0.25) is 0 Å². The molecule has 0 N–H and O–H groups in total. The van der Waals surface area contributed by atoms with E-state index in [1.807, 2.05) is 42.5 Å². The van der Waals surface area contributed by atoms with Crippen molar-refractivity contribution < 1.29 is 17.9 Å². The molecule has 33 heavy (non-hydrogen) atoms. The van der Waals surface area contributed by atoms with Crippen LogP contribution in [0, 0.1) is 11.3 Å². The molecule has 1 aromatic heterocycles. The summed E-state index contributed by atoms with van der Waals surface area (Å²) in [6, 6.07) is 24.5. The van der Waals surface area contributed by atoms with Crippen LogP contribution in [0.1, 0.15) is 5.56 Å². The Hall–Kier alpha value is -4.35. The number of aromatic nitrogens is 2. The van der Waals surface area contributed by atoms with Crippen molar-refractivity contribution in [3.8, 4) is 34.5 Å². The number of hydrogen-bond acceptors (Lipinski definition) is 6. The van der Waals surface area contributed by atoms with E-state index in [-0.39, 0.29) is 16.6 Å². The van der Waals surface area contributed by atoms with E-state index in [1.54, 1.807) is 41.2 Å². The number of allylic oxidation sites excluding steroid dienone is 1. The van der Waals surface area contributed by atoms with E-state index >= 15 is 0 Å². The Bertz CT molecular complexity index is 1500. The van der Waals surface area contributed by atoms with Crippen LogP contribution in [-0.4, -0.2) is 25.0 Å². The third kappa shape index (κ3) is 3.86. The number of fused-ring (bicyclic) bond motifs is 1. The zero-order chi connectivity index (χ0) is 22.8. The molecule has 3 aromatic carbocycles. The van der Waals surface area contributed by atoms with E-state index in [0.717, 1.165) is 5.69 Å². The highest BCUT2D eigenvalue weighted by Crippen LogP contribution is 2.37. The molecule has 0 aliphatic carbocycles. The Morgan fingerprint density at radius 3 is 2.39 bits per heavy atom. The molecule has 0 atom stereocenters. The van der Waals surface area contributed by atoms with Crippen molar-refractivity contribution in [1.82, 2.24) is 9.78 Å². The minimum Gasteiger partial charge on any atom is -0.454 e. The molecule has 0 radical (unpaired) electrons. The zero-order valence-corrected chi connectivity index (χ0v) is 18.1. The van der Waals surface area contributed by atoms with Crippen LogP contribution >= 0.6 is 0 Å². The molecule has 0 fully saturated rings. The Morgan fingerprint density at radius 1 is 0.970 bits per heavy atom. The molecule has 0 spiro atoms. The van der Waals surface area contributed by atoms with Crippen molar-refractivity contribution in [3.63, 3.8) is 0 Å². The number of benzene rings is 3. The lowest BCUT2D eigenvalue weighted by molar-refractivity contribution is 0.174. The predicted octanol–water partition coefficient (Wildman–Crippen LogP) is 4.61. The summed E-state index contributed by atoms with van der Waals surface area (Å²) in [4.78, 5) is -0.318. The third-order valence-electron chi connectivity index (χ3n) is 5.15. The molecule has 0 amide bonds. The SMILES string of the molecule is N#C/C(=C\c1cn(-c2ccccc2)nc1-c1ccc2c(c1)OCO2)S(=O)(=O)c1ccccc1. The summed E-state index contributed by atoms with van der Waals surface area (Å²) in [5.41, 5.74) is 2.49. The fraction of sp³-hybridized carbons (Fsp3) is 0.0400. The molecular weight excluding hydrogens is 438 g/mol. The summed E-state index contributed by atoms with van der Waals surface area (Å²) in [5.74, 6) is 1.21. The Balaban J connectivity index is 1.67. The van der Waals surface area contributed by atoms with Crippen LogP contribution in [0.25, 0.3) is 23.0 Å². The molecule has 0 saturated carbocycles. The quantitative estimate of drug-likeness (QED) is 0.408. The van der Waals surface area contributed by atoms with Crippen LogP contribution in [0.5, 0.6) is 11.5 Å². The number of hydrogen-bond donors (Lipinski definition) is 0. The first kappa shape index (κ1) is 20.5. The predicted molar refractivity (Wildman–Crippen MR) is 122 cm³/mol. The van der Waals surface area contributed by atoms with Crippen molar-refractivity contribution in [3.05, 3.63) is 95.5 Å². The van der Waals surface area contributed by atoms with Crippen LogP contribution in [0.3, 0.4) is 0 Å². The van der Waals surface area contributed by atoms with E-state index in [9.17, 15) is 13.7 Å². The molecule has 0 saturated heterocycles. The zero-order valence-electron chi connectivity index (χ0n) is 17.3. The van der Waals surface area contributed by atoms with Crippen molar-refractivity contribution in [2.75, 3.05) is 6.79 Å². The molecule has 7 nitrogen and oxygen atoms in total. The Kier molecular flexibility index (Phi) is 5.17. The molecule has 0 bridgehead atoms. The highest BCUT2D eigenvalue weighted by atomic mass is 32.2. The van der Waals surface area contributed by atoms with Crippen molar-refractivity contribution in [1.29, 1.82) is 5.26 Å². The summed E-state index contributed by atoms with van der Waals surface area (Å²) in [6.07, 6.45) is 3.06. The maximum absolute atomic E-state index is 13.1. The number of sulfone groups is 1. The number of nitrogens with zero attached hydrogens (tertiary/aromatic N) is 3. The minimum atomic E-state index is -3.99. The Morgan fingerprint density at radius 2 is 1.67 bits per heavy atom. The molecule has 8 heteroatoms. The van der Waals surface area contributed by atoms with Gasteiger partial charge in [0.15, 0.2) is 11.5 Å². The standard InChI is InChI=1S/C25H17N3O4S/c26-15-22(33(29,30)21-9-5-2-6-10-21)13-19-16-28(20-7-3-1-4-8-20)27-25(19)18-11-12-23-24(14-18)32-17-31-23/h1-14,16H,17H2/b22-13+. The molecule has 1 aliphatic heterocycles. The van der Waals surface area contributed by atoms with Crippen LogP contribution in [-0.2, 0) is 9.84 Å². The van der Waals surface area contributed by atoms with Gasteiger partial charge in [0.25, 0.3) is 0 Å². The van der Waals surface area contributed by atoms with Gasteiger partial charge in [0, 0.05) is 17.3 Å². The summed E-state index contributed by atoms with van der Waals surface area (Å²) >= 11 is 0. The molecule has 5 rings (SSSR count). The molecule has 1 aliphatic rings. The third-order valence-corrected chi connectivity index (χ3v) is 6.83. The molecule has 4 aromatic rings. The fourth-order valence-electron chi connectivity index (χ4n) is 3.51. The summed E-state index contributed by atoms with van der Waals surface area (Å²) in [5, 5.41) is 14.4. The number of para-hydroxylation sites is 1. The first-order valence-corrected chi connectivity index (χ1v) is 11.5. The van der Waals surface area contributed by atoms with Gasteiger partial charge in [-0.25, -0.2) is 13.1 Å². The van der Waals surface area contributed by atoms with Crippen LogP contribution < -0.4 is 9.47 Å². The lowest BCUT2D eigenvalue weighted by Crippen LogP contribution is -2.03. The van der Waals surface area contributed by atoms with Gasteiger partial charge in [-0.3, -0.25) is 0 Å². The van der Waals surface area contributed by atoms with Crippen molar-refractivity contribution in [2.24, 2.45) is 0 Å². The highest BCUT2D eigenvalue weighted by molar-refractivity contribution is 7.95. The lowest BCUT2D eigenvalue weighted by atomic mass is 10.1. The second kappa shape index (κ2) is 8.30. The largest absolute Gasteiger partial charge is 0.454 e. The van der Waals surface area contributed by atoms with Gasteiger partial charge in [-0.1, -0.05) is 36.4 Å². The lowest BCUT2D eigenvalue weighted by Gasteiger charge is -2.04. The second-order valence-corrected chi connectivity index (χ2v) is 9.14. The smallest absolute Gasteiger partial charge is 0.231 e. The van der Waals surface area contributed by atoms with E-state index in [2.05, 4.69) is 5.10 Å². The van der Waals surface area contributed by atoms with Gasteiger partial charge in [-0.15, -0.1) is 0 Å². The van der Waals surface area contributed by atoms with Crippen molar-refractivity contribution in [2.45, 2.75) is 4.90 Å². The van der Waals surface area contributed by atoms with Gasteiger partial charge < -0.3 is 9.47 Å². The first-order valence-electron chi connectivity index (χ1n) is 10.0. The molecular formula is C25H17N3O4S. The first-order chi connectivity index (χ1) is 16.1. The summed E-state index contributed by atoms with van der Waals surface area (Å²) < 4.78 is 38.7. The molecule has 0 unspecified atom stereocenters. The van der Waals surface area contributed by atoms with Gasteiger partial charge in [-0.2, -0.15) is 10.4 Å². The van der Waals surface area contributed by atoms with Crippen LogP contribution in [0.15, 0.2) is 94.9 Å². The number of ether oxygens (including phenoxy) is 2. The maximum Gasteiger partial charge on any atom is 0.231 e. The molecule has 2 heterocycles. The normalized spacial score (nSPS) is 13.0. The second-order valence-electron chi connectivity index (χ2n) is 7.22. The maximum atomic E-state index is 13.1. The average molecular weight is 455 g/mol. The average Bonchev–Trinajstić information content (AvgIpc) is 3.50. The van der Waals surface area contributed by atoms with E-state index in [0.29, 0.717) is 28.3 Å². The van der Waals surface area contributed by atoms with Crippen molar-refractivity contribution >= 4 is 15.9 Å². The highest BCUT2D eigenvalue weighted by Gasteiger charge is 2.23. The number of nitriles is 1. The Labute approximate surface area is 190 Å². The van der Waals surface area contributed by atoms with Gasteiger partial charge >= 0.3 is 0 Å². The van der Waals surface area contributed by atoms with Gasteiger partial charge in [0.2, 0.25) is 16.6 Å². The summed E-state index contributed by atoms with van der Waals surface area (Å²) in [7, 11) is -3.99. The van der Waals surface area contributed by atoms with E-state index < -0.39 is 9.84 Å². The summed E-state index contributed by atoms with van der Waals surface area (Å²) in [6.45, 7) is 0.137. The fourth-order valence-corrected chi connectivity index (χ4v) is 4.68. The minimum absolute atomic E-state index is 0.0536. The van der Waals surface area contributed by atoms with E-state index in [1.165, 1.54) is 18.2 Å². The monoisotopic (exact) mass is 455 g/mol. The molecule has 162 valence electrons.